The van der Waals surface area contributed by atoms with E-state index in [1.54, 1.807) is 6.20 Å². The Kier molecular flexibility index (Phi) is 3.22. The molecule has 0 aliphatic carbocycles. The first-order chi connectivity index (χ1) is 9.48. The summed E-state index contributed by atoms with van der Waals surface area (Å²) in [6, 6.07) is 0. The number of rotatable bonds is 4. The zero-order valence-electron chi connectivity index (χ0n) is 10.1. The second-order valence-corrected chi connectivity index (χ2v) is 6.96. The highest BCUT2D eigenvalue weighted by molar-refractivity contribution is 8.04. The molecule has 3 heterocycles. The maximum absolute atomic E-state index is 11.5. The molecule has 1 aromatic heterocycles. The van der Waals surface area contributed by atoms with Crippen LogP contribution in [0, 0.1) is 0 Å². The van der Waals surface area contributed by atoms with Crippen LogP contribution in [0.15, 0.2) is 23.0 Å². The second kappa shape index (κ2) is 4.79. The monoisotopic (exact) mass is 313 g/mol. The van der Waals surface area contributed by atoms with Gasteiger partial charge in [-0.1, -0.05) is 11.8 Å². The Hall–Kier alpha value is -1.52. The first-order valence-electron chi connectivity index (χ1n) is 5.72. The van der Waals surface area contributed by atoms with Crippen molar-refractivity contribution in [2.75, 3.05) is 5.75 Å². The molecule has 2 aliphatic heterocycles. The minimum absolute atomic E-state index is 0.0340. The first-order valence-corrected chi connectivity index (χ1v) is 7.58. The lowest BCUT2D eigenvalue weighted by molar-refractivity contribution is -0.146. The molecule has 0 saturated carbocycles. The molecule has 8 nitrogen and oxygen atoms in total. The van der Waals surface area contributed by atoms with E-state index in [9.17, 15) is 14.7 Å². The Morgan fingerprint density at radius 2 is 2.55 bits per heavy atom. The number of amides is 1. The molecule has 1 saturated heterocycles. The summed E-state index contributed by atoms with van der Waals surface area (Å²) in [7, 11) is 0. The summed E-state index contributed by atoms with van der Waals surface area (Å²) in [4.78, 5) is 23.2. The smallest absolute Gasteiger partial charge is 0.352 e. The van der Waals surface area contributed by atoms with Gasteiger partial charge in [-0.05, 0) is 6.08 Å². The van der Waals surface area contributed by atoms with E-state index in [1.165, 1.54) is 34.5 Å². The number of H-pyrrole nitrogens is 1. The number of carbonyl (C=O) groups is 2. The zero-order chi connectivity index (χ0) is 14.3. The van der Waals surface area contributed by atoms with Crippen LogP contribution in [0.2, 0.25) is 0 Å². The van der Waals surface area contributed by atoms with Gasteiger partial charge in [-0.15, -0.1) is 16.9 Å². The van der Waals surface area contributed by atoms with E-state index in [4.69, 9.17) is 5.73 Å². The van der Waals surface area contributed by atoms with Gasteiger partial charge in [-0.25, -0.2) is 4.79 Å². The number of aliphatic carboxylic acids is 1. The number of fused-ring (bicyclic) bond motifs is 1. The summed E-state index contributed by atoms with van der Waals surface area (Å²) in [6.07, 6.45) is 3.34. The number of hydrogen-bond acceptors (Lipinski definition) is 7. The summed E-state index contributed by atoms with van der Waals surface area (Å²) < 4.78 is 0. The predicted octanol–water partition coefficient (Wildman–Crippen LogP) is -0.175. The van der Waals surface area contributed by atoms with Crippen LogP contribution in [-0.4, -0.2) is 53.3 Å². The Morgan fingerprint density at radius 3 is 3.15 bits per heavy atom. The summed E-state index contributed by atoms with van der Waals surface area (Å²) >= 11 is 2.78. The van der Waals surface area contributed by atoms with Gasteiger partial charge in [0.1, 0.15) is 10.7 Å². The van der Waals surface area contributed by atoms with Crippen LogP contribution in [0.4, 0.5) is 0 Å². The number of carbonyl (C=O) groups excluding carboxylic acids is 1. The number of hydrogen-bond donors (Lipinski definition) is 3. The van der Waals surface area contributed by atoms with Crippen LogP contribution in [0.3, 0.4) is 0 Å². The molecule has 0 aromatic carbocycles. The van der Waals surface area contributed by atoms with Gasteiger partial charge in [0.15, 0.2) is 0 Å². The average molecular weight is 313 g/mol. The van der Waals surface area contributed by atoms with Crippen molar-refractivity contribution < 1.29 is 14.7 Å². The molecule has 1 unspecified atom stereocenters. The van der Waals surface area contributed by atoms with Crippen molar-refractivity contribution in [3.8, 4) is 0 Å². The molecule has 2 aliphatic rings. The van der Waals surface area contributed by atoms with Crippen molar-refractivity contribution in [2.24, 2.45) is 5.73 Å². The number of nitrogens with one attached hydrogen (secondary N) is 1. The molecule has 0 radical (unpaired) electrons. The largest absolute Gasteiger partial charge is 0.477 e. The lowest BCUT2D eigenvalue weighted by atomic mass is 10.1. The van der Waals surface area contributed by atoms with E-state index < -0.39 is 10.8 Å². The molecule has 0 spiro atoms. The third-order valence-electron chi connectivity index (χ3n) is 2.96. The number of aromatic amines is 1. The molecule has 1 aromatic rings. The van der Waals surface area contributed by atoms with Crippen LogP contribution in [0.1, 0.15) is 6.42 Å². The van der Waals surface area contributed by atoms with Gasteiger partial charge >= 0.3 is 5.97 Å². The third kappa shape index (κ3) is 2.30. The van der Waals surface area contributed by atoms with Gasteiger partial charge in [-0.3, -0.25) is 9.69 Å². The third-order valence-corrected chi connectivity index (χ3v) is 5.61. The molecule has 10 heteroatoms. The minimum Gasteiger partial charge on any atom is -0.477 e. The van der Waals surface area contributed by atoms with Gasteiger partial charge in [0.2, 0.25) is 5.91 Å². The van der Waals surface area contributed by atoms with Gasteiger partial charge in [-0.2, -0.15) is 10.3 Å². The molecular formula is C10H11N5O3S2. The fourth-order valence-electron chi connectivity index (χ4n) is 2.05. The van der Waals surface area contributed by atoms with Gasteiger partial charge in [0.05, 0.1) is 22.9 Å². The number of nitrogens with zero attached hydrogens (tertiary/aromatic N) is 3. The van der Waals surface area contributed by atoms with Crippen LogP contribution >= 0.6 is 23.5 Å². The molecule has 20 heavy (non-hydrogen) atoms. The van der Waals surface area contributed by atoms with Crippen molar-refractivity contribution in [1.29, 1.82) is 0 Å². The molecule has 3 rings (SSSR count). The standard InChI is InChI=1S/C10H11N5O3S2/c11-10(4-19-6-3-12-14-13-6)2-5(9(17)18)15-7(16)1-8(15)20-10/h2-3,8H,1,4,11H2,(H,17,18)(H,12,13,14)/t8-,10?/m1/s1. The highest BCUT2D eigenvalue weighted by Gasteiger charge is 2.49. The SMILES string of the molecule is NC1(CSc2cn[nH]n2)C=C(C(=O)O)N2C(=O)C[C@H]2S1. The van der Waals surface area contributed by atoms with Gasteiger partial charge in [0, 0.05) is 5.75 Å². The molecule has 1 amide bonds. The second-order valence-electron chi connectivity index (χ2n) is 4.43. The number of β-lactam (4-membered cyclic amide) rings is 1. The van der Waals surface area contributed by atoms with Crippen molar-refractivity contribution in [3.63, 3.8) is 0 Å². The van der Waals surface area contributed by atoms with Crippen LogP contribution < -0.4 is 5.73 Å². The van der Waals surface area contributed by atoms with E-state index in [0.717, 1.165) is 0 Å². The van der Waals surface area contributed by atoms with Crippen molar-refractivity contribution in [3.05, 3.63) is 18.0 Å². The number of thioether (sulfide) groups is 2. The Balaban J connectivity index is 1.80. The number of carboxylic acid groups (broad SMARTS) is 1. The summed E-state index contributed by atoms with van der Waals surface area (Å²) in [6.45, 7) is 0. The first kappa shape index (κ1) is 13.5. The quantitative estimate of drug-likeness (QED) is 0.516. The molecular weight excluding hydrogens is 302 g/mol. The number of aromatic nitrogens is 3. The normalized spacial score (nSPS) is 28.6. The lowest BCUT2D eigenvalue weighted by Gasteiger charge is -2.47. The van der Waals surface area contributed by atoms with Crippen LogP contribution in [0.25, 0.3) is 0 Å². The van der Waals surface area contributed by atoms with Crippen molar-refractivity contribution in [2.45, 2.75) is 21.7 Å². The van der Waals surface area contributed by atoms with E-state index in [1.807, 2.05) is 0 Å². The fraction of sp³-hybridized carbons (Fsp3) is 0.400. The highest BCUT2D eigenvalue weighted by atomic mass is 32.2. The maximum Gasteiger partial charge on any atom is 0.352 e. The minimum atomic E-state index is -1.13. The molecule has 1 fully saturated rings. The molecule has 2 atom stereocenters. The van der Waals surface area contributed by atoms with Crippen molar-refractivity contribution in [1.82, 2.24) is 20.3 Å². The summed E-state index contributed by atoms with van der Waals surface area (Å²) in [5, 5.41) is 19.8. The molecule has 0 bridgehead atoms. The predicted molar refractivity (Wildman–Crippen MR) is 72.6 cm³/mol. The zero-order valence-corrected chi connectivity index (χ0v) is 11.8. The average Bonchev–Trinajstić information content (AvgIpc) is 2.88. The number of nitrogens with two attached hydrogens (primary N) is 1. The summed E-state index contributed by atoms with van der Waals surface area (Å²) in [5.74, 6) is -0.869. The lowest BCUT2D eigenvalue weighted by Crippen LogP contribution is -2.58. The Morgan fingerprint density at radius 1 is 1.75 bits per heavy atom. The fourth-order valence-corrected chi connectivity index (χ4v) is 4.43. The van der Waals surface area contributed by atoms with E-state index in [-0.39, 0.29) is 17.0 Å². The molecule has 106 valence electrons. The summed E-state index contributed by atoms with van der Waals surface area (Å²) in [5.41, 5.74) is 6.21. The topological polar surface area (TPSA) is 125 Å². The Labute approximate surface area is 122 Å². The van der Waals surface area contributed by atoms with Gasteiger partial charge < -0.3 is 10.8 Å². The van der Waals surface area contributed by atoms with Gasteiger partial charge in [0.25, 0.3) is 0 Å². The van der Waals surface area contributed by atoms with Crippen LogP contribution in [0.5, 0.6) is 0 Å². The van der Waals surface area contributed by atoms with E-state index >= 15 is 0 Å². The van der Waals surface area contributed by atoms with Crippen LogP contribution in [-0.2, 0) is 9.59 Å². The van der Waals surface area contributed by atoms with Crippen molar-refractivity contribution >= 4 is 35.4 Å². The maximum atomic E-state index is 11.5. The van der Waals surface area contributed by atoms with E-state index in [0.29, 0.717) is 17.2 Å². The van der Waals surface area contributed by atoms with E-state index in [2.05, 4.69) is 15.4 Å². The molecule has 4 N–H and O–H groups in total. The highest BCUT2D eigenvalue weighted by Crippen LogP contribution is 2.45. The number of carboxylic acids is 1. The Bertz CT molecular complexity index is 590.